The van der Waals surface area contributed by atoms with Gasteiger partial charge < -0.3 is 15.4 Å². The van der Waals surface area contributed by atoms with E-state index in [1.807, 2.05) is 27.7 Å². The first-order valence-electron chi connectivity index (χ1n) is 4.90. The molecule has 4 nitrogen and oxygen atoms in total. The number of ether oxygens (including phenoxy) is 1. The fourth-order valence-electron chi connectivity index (χ4n) is 1.06. The van der Waals surface area contributed by atoms with Crippen LogP contribution < -0.4 is 5.73 Å². The summed E-state index contributed by atoms with van der Waals surface area (Å²) in [5.74, 6) is 0. The lowest BCUT2D eigenvalue weighted by Crippen LogP contribution is -2.40. The van der Waals surface area contributed by atoms with E-state index in [-0.39, 0.29) is 17.6 Å². The summed E-state index contributed by atoms with van der Waals surface area (Å²) < 4.78 is 5.05. The molecule has 0 saturated heterocycles. The topological polar surface area (TPSA) is 55.6 Å². The van der Waals surface area contributed by atoms with Crippen molar-refractivity contribution in [3.05, 3.63) is 0 Å². The molecule has 0 aliphatic rings. The quantitative estimate of drug-likeness (QED) is 0.750. The molecule has 1 amide bonds. The Labute approximate surface area is 86.4 Å². The molecule has 0 fully saturated rings. The van der Waals surface area contributed by atoms with Crippen LogP contribution in [0.3, 0.4) is 0 Å². The summed E-state index contributed by atoms with van der Waals surface area (Å²) in [4.78, 5) is 13.0. The van der Waals surface area contributed by atoms with E-state index >= 15 is 0 Å². The fourth-order valence-corrected chi connectivity index (χ4v) is 1.06. The number of hydrogen-bond acceptors (Lipinski definition) is 3. The zero-order valence-corrected chi connectivity index (χ0v) is 9.83. The highest BCUT2D eigenvalue weighted by Gasteiger charge is 2.22. The van der Waals surface area contributed by atoms with Crippen molar-refractivity contribution in [2.24, 2.45) is 11.1 Å². The number of carbonyl (C=O) groups excluding carboxylic acids is 1. The Morgan fingerprint density at radius 1 is 1.50 bits per heavy atom. The average molecular weight is 202 g/mol. The molecule has 0 rings (SSSR count). The molecule has 0 bridgehead atoms. The molecule has 14 heavy (non-hydrogen) atoms. The third-order valence-electron chi connectivity index (χ3n) is 1.87. The predicted octanol–water partition coefficient (Wildman–Crippen LogP) is 1.45. The lowest BCUT2D eigenvalue weighted by molar-refractivity contribution is 0.0741. The molecule has 0 saturated carbocycles. The fraction of sp³-hybridized carbons (Fsp3) is 0.900. The SMILES string of the molecule is CC(C)OC(=O)N(C)CC(C)(C)CN. The van der Waals surface area contributed by atoms with Gasteiger partial charge in [-0.15, -0.1) is 0 Å². The number of rotatable bonds is 4. The van der Waals surface area contributed by atoms with Crippen molar-refractivity contribution in [3.8, 4) is 0 Å². The second kappa shape index (κ2) is 5.20. The molecule has 84 valence electrons. The van der Waals surface area contributed by atoms with Gasteiger partial charge in [0.25, 0.3) is 0 Å². The van der Waals surface area contributed by atoms with Crippen molar-refractivity contribution in [2.45, 2.75) is 33.8 Å². The van der Waals surface area contributed by atoms with E-state index < -0.39 is 0 Å². The van der Waals surface area contributed by atoms with Crippen LogP contribution in [0.25, 0.3) is 0 Å². The van der Waals surface area contributed by atoms with E-state index in [1.54, 1.807) is 11.9 Å². The third-order valence-corrected chi connectivity index (χ3v) is 1.87. The molecule has 0 aromatic rings. The molecule has 0 aliphatic carbocycles. The van der Waals surface area contributed by atoms with Gasteiger partial charge >= 0.3 is 6.09 Å². The Morgan fingerprint density at radius 2 is 2.00 bits per heavy atom. The molecule has 0 atom stereocenters. The summed E-state index contributed by atoms with van der Waals surface area (Å²) in [5, 5.41) is 0. The first-order valence-corrected chi connectivity index (χ1v) is 4.90. The molecule has 0 aromatic heterocycles. The minimum atomic E-state index is -0.290. The standard InChI is InChI=1S/C10H22N2O2/c1-8(2)14-9(13)12(5)7-10(3,4)6-11/h8H,6-7,11H2,1-5H3. The maximum atomic E-state index is 11.4. The molecule has 0 unspecified atom stereocenters. The van der Waals surface area contributed by atoms with Crippen LogP contribution >= 0.6 is 0 Å². The van der Waals surface area contributed by atoms with Crippen molar-refractivity contribution in [1.29, 1.82) is 0 Å². The third kappa shape index (κ3) is 5.07. The smallest absolute Gasteiger partial charge is 0.409 e. The number of hydrogen-bond donors (Lipinski definition) is 1. The molecular formula is C10H22N2O2. The molecule has 0 radical (unpaired) electrons. The van der Waals surface area contributed by atoms with Crippen LogP contribution in [-0.2, 0) is 4.74 Å². The van der Waals surface area contributed by atoms with E-state index in [0.29, 0.717) is 13.1 Å². The van der Waals surface area contributed by atoms with Crippen LogP contribution in [0.1, 0.15) is 27.7 Å². The number of amides is 1. The van der Waals surface area contributed by atoms with Gasteiger partial charge in [-0.3, -0.25) is 0 Å². The van der Waals surface area contributed by atoms with E-state index in [4.69, 9.17) is 10.5 Å². The Morgan fingerprint density at radius 3 is 2.36 bits per heavy atom. The maximum Gasteiger partial charge on any atom is 0.409 e. The van der Waals surface area contributed by atoms with Crippen molar-refractivity contribution >= 4 is 6.09 Å². The number of carbonyl (C=O) groups is 1. The van der Waals surface area contributed by atoms with Crippen LogP contribution in [0, 0.1) is 5.41 Å². The largest absolute Gasteiger partial charge is 0.447 e. The van der Waals surface area contributed by atoms with Gasteiger partial charge in [0, 0.05) is 13.6 Å². The van der Waals surface area contributed by atoms with E-state index in [0.717, 1.165) is 0 Å². The highest BCUT2D eigenvalue weighted by molar-refractivity contribution is 5.67. The van der Waals surface area contributed by atoms with Gasteiger partial charge in [-0.05, 0) is 25.8 Å². The van der Waals surface area contributed by atoms with Crippen molar-refractivity contribution in [3.63, 3.8) is 0 Å². The van der Waals surface area contributed by atoms with E-state index in [9.17, 15) is 4.79 Å². The summed E-state index contributed by atoms with van der Waals surface area (Å²) in [6.07, 6.45) is -0.368. The Balaban J connectivity index is 4.07. The first-order chi connectivity index (χ1) is 6.28. The van der Waals surface area contributed by atoms with Crippen molar-refractivity contribution in [2.75, 3.05) is 20.1 Å². The highest BCUT2D eigenvalue weighted by Crippen LogP contribution is 2.14. The summed E-state index contributed by atoms with van der Waals surface area (Å²) >= 11 is 0. The normalized spacial score (nSPS) is 11.6. The minimum absolute atomic E-state index is 0.0647. The average Bonchev–Trinajstić information content (AvgIpc) is 2.02. The highest BCUT2D eigenvalue weighted by atomic mass is 16.6. The van der Waals surface area contributed by atoms with Crippen LogP contribution in [0.2, 0.25) is 0 Å². The number of nitrogens with two attached hydrogens (primary N) is 1. The molecule has 0 aromatic carbocycles. The summed E-state index contributed by atoms with van der Waals surface area (Å²) in [6.45, 7) is 8.86. The van der Waals surface area contributed by atoms with Gasteiger partial charge in [0.05, 0.1) is 6.10 Å². The summed E-state index contributed by atoms with van der Waals surface area (Å²) in [6, 6.07) is 0. The first kappa shape index (κ1) is 13.2. The zero-order valence-electron chi connectivity index (χ0n) is 9.83. The maximum absolute atomic E-state index is 11.4. The second-order valence-corrected chi connectivity index (χ2v) is 4.66. The van der Waals surface area contributed by atoms with Gasteiger partial charge in [0.1, 0.15) is 0 Å². The second-order valence-electron chi connectivity index (χ2n) is 4.66. The van der Waals surface area contributed by atoms with Gasteiger partial charge in [0.15, 0.2) is 0 Å². The molecular weight excluding hydrogens is 180 g/mol. The van der Waals surface area contributed by atoms with Gasteiger partial charge in [0.2, 0.25) is 0 Å². The van der Waals surface area contributed by atoms with Crippen LogP contribution in [0.4, 0.5) is 4.79 Å². The lowest BCUT2D eigenvalue weighted by atomic mass is 9.93. The Kier molecular flexibility index (Phi) is 4.91. The zero-order chi connectivity index (χ0) is 11.4. The van der Waals surface area contributed by atoms with Gasteiger partial charge in [-0.1, -0.05) is 13.8 Å². The van der Waals surface area contributed by atoms with Crippen molar-refractivity contribution < 1.29 is 9.53 Å². The van der Waals surface area contributed by atoms with Gasteiger partial charge in [-0.2, -0.15) is 0 Å². The Hall–Kier alpha value is -0.770. The molecule has 0 spiro atoms. The van der Waals surface area contributed by atoms with Crippen LogP contribution in [0.5, 0.6) is 0 Å². The lowest BCUT2D eigenvalue weighted by Gasteiger charge is -2.28. The molecule has 0 aliphatic heterocycles. The van der Waals surface area contributed by atoms with E-state index in [1.165, 1.54) is 0 Å². The molecule has 4 heteroatoms. The van der Waals surface area contributed by atoms with Crippen LogP contribution in [-0.4, -0.2) is 37.2 Å². The monoisotopic (exact) mass is 202 g/mol. The predicted molar refractivity (Wildman–Crippen MR) is 57.1 cm³/mol. The molecule has 0 heterocycles. The van der Waals surface area contributed by atoms with Crippen LogP contribution in [0.15, 0.2) is 0 Å². The minimum Gasteiger partial charge on any atom is -0.447 e. The van der Waals surface area contributed by atoms with Crippen molar-refractivity contribution in [1.82, 2.24) is 4.90 Å². The molecule has 2 N–H and O–H groups in total. The number of nitrogens with zero attached hydrogens (tertiary/aromatic N) is 1. The van der Waals surface area contributed by atoms with E-state index in [2.05, 4.69) is 0 Å². The summed E-state index contributed by atoms with van der Waals surface area (Å²) in [5.41, 5.74) is 5.51. The van der Waals surface area contributed by atoms with Gasteiger partial charge in [-0.25, -0.2) is 4.79 Å². The summed E-state index contributed by atoms with van der Waals surface area (Å²) in [7, 11) is 1.72. The Bertz CT molecular complexity index is 191.